The van der Waals surface area contributed by atoms with Crippen LogP contribution in [0.2, 0.25) is 0 Å². The number of nitrogens with zero attached hydrogens (tertiary/aromatic N) is 2. The lowest BCUT2D eigenvalue weighted by Crippen LogP contribution is -1.81. The van der Waals surface area contributed by atoms with Crippen molar-refractivity contribution < 1.29 is 14.3 Å². The van der Waals surface area contributed by atoms with Gasteiger partial charge in [0.05, 0.1) is 22.0 Å². The topological polar surface area (TPSA) is 99.4 Å². The summed E-state index contributed by atoms with van der Waals surface area (Å²) >= 11 is 0. The second kappa shape index (κ2) is 4.70. The Balaban J connectivity index is 2.72. The van der Waals surface area contributed by atoms with E-state index in [0.29, 0.717) is 0 Å². The molecule has 15 heavy (non-hydrogen) atoms. The lowest BCUT2D eigenvalue weighted by Gasteiger charge is -1.82. The van der Waals surface area contributed by atoms with E-state index in [2.05, 4.69) is 0 Å². The van der Waals surface area contributed by atoms with Crippen molar-refractivity contribution in [3.8, 4) is 0 Å². The van der Waals surface area contributed by atoms with Crippen LogP contribution in [0.5, 0.6) is 0 Å². The first-order valence-electron chi connectivity index (χ1n) is 3.81. The standard InChI is InChI=1S/C8H6N2O5/c11-9(12)5-3-7-1-2-8(15-7)4-6-10(13)14/h1-6H. The molecular formula is C8H6N2O5. The molecule has 1 rings (SSSR count). The zero-order chi connectivity index (χ0) is 11.3. The molecule has 0 unspecified atom stereocenters. The molecule has 0 atom stereocenters. The highest BCUT2D eigenvalue weighted by Gasteiger charge is 1.98. The fourth-order valence-electron chi connectivity index (χ4n) is 0.816. The van der Waals surface area contributed by atoms with Crippen LogP contribution in [0.1, 0.15) is 11.5 Å². The van der Waals surface area contributed by atoms with Gasteiger partial charge < -0.3 is 4.42 Å². The molecule has 0 fully saturated rings. The van der Waals surface area contributed by atoms with Gasteiger partial charge in [0.1, 0.15) is 11.5 Å². The molecule has 0 spiro atoms. The molecule has 0 saturated heterocycles. The van der Waals surface area contributed by atoms with Crippen molar-refractivity contribution in [1.82, 2.24) is 0 Å². The summed E-state index contributed by atoms with van der Waals surface area (Å²) in [5.74, 6) is 0.518. The molecular weight excluding hydrogens is 204 g/mol. The Morgan fingerprint density at radius 3 is 1.73 bits per heavy atom. The second-order valence-corrected chi connectivity index (χ2v) is 2.44. The quantitative estimate of drug-likeness (QED) is 0.556. The third-order valence-electron chi connectivity index (χ3n) is 1.37. The third kappa shape index (κ3) is 3.85. The van der Waals surface area contributed by atoms with Gasteiger partial charge in [-0.2, -0.15) is 0 Å². The van der Waals surface area contributed by atoms with Crippen molar-refractivity contribution in [3.63, 3.8) is 0 Å². The summed E-state index contributed by atoms with van der Waals surface area (Å²) in [7, 11) is 0. The lowest BCUT2D eigenvalue weighted by atomic mass is 10.4. The molecule has 0 radical (unpaired) electrons. The first-order valence-corrected chi connectivity index (χ1v) is 3.81. The number of hydrogen-bond donors (Lipinski definition) is 0. The first-order chi connectivity index (χ1) is 7.08. The van der Waals surface area contributed by atoms with E-state index in [1.807, 2.05) is 0 Å². The van der Waals surface area contributed by atoms with Crippen LogP contribution in [-0.4, -0.2) is 9.85 Å². The van der Waals surface area contributed by atoms with Gasteiger partial charge in [0.25, 0.3) is 0 Å². The van der Waals surface area contributed by atoms with Crippen molar-refractivity contribution in [2.45, 2.75) is 0 Å². The summed E-state index contributed by atoms with van der Waals surface area (Å²) in [6, 6.07) is 2.94. The molecule has 0 aliphatic carbocycles. The van der Waals surface area contributed by atoms with Gasteiger partial charge in [0.15, 0.2) is 0 Å². The Bertz CT molecular complexity index is 393. The molecule has 0 aromatic carbocycles. The van der Waals surface area contributed by atoms with E-state index in [1.54, 1.807) is 0 Å². The molecule has 0 amide bonds. The molecule has 0 saturated carbocycles. The van der Waals surface area contributed by atoms with Crippen LogP contribution < -0.4 is 0 Å². The maximum Gasteiger partial charge on any atom is 0.238 e. The highest BCUT2D eigenvalue weighted by Crippen LogP contribution is 2.10. The average Bonchev–Trinajstić information content (AvgIpc) is 2.59. The number of nitro groups is 2. The van der Waals surface area contributed by atoms with Crippen LogP contribution in [0.4, 0.5) is 0 Å². The summed E-state index contributed by atoms with van der Waals surface area (Å²) in [5, 5.41) is 19.9. The van der Waals surface area contributed by atoms with E-state index in [0.717, 1.165) is 24.6 Å². The summed E-state index contributed by atoms with van der Waals surface area (Å²) < 4.78 is 5.00. The molecule has 0 aliphatic heterocycles. The van der Waals surface area contributed by atoms with Crippen molar-refractivity contribution in [1.29, 1.82) is 0 Å². The molecule has 1 aromatic heterocycles. The van der Waals surface area contributed by atoms with Gasteiger partial charge >= 0.3 is 0 Å². The van der Waals surface area contributed by atoms with E-state index in [9.17, 15) is 20.2 Å². The number of rotatable bonds is 4. The third-order valence-corrected chi connectivity index (χ3v) is 1.37. The predicted octanol–water partition coefficient (Wildman–Crippen LogP) is 1.77. The summed E-state index contributed by atoms with van der Waals surface area (Å²) in [6.45, 7) is 0. The number of hydrogen-bond acceptors (Lipinski definition) is 5. The molecule has 1 aromatic rings. The Kier molecular flexibility index (Phi) is 3.33. The van der Waals surface area contributed by atoms with Crippen molar-refractivity contribution in [3.05, 3.63) is 56.3 Å². The van der Waals surface area contributed by atoms with Gasteiger partial charge in [-0.15, -0.1) is 0 Å². The van der Waals surface area contributed by atoms with Crippen LogP contribution >= 0.6 is 0 Å². The van der Waals surface area contributed by atoms with Crippen LogP contribution in [-0.2, 0) is 0 Å². The summed E-state index contributed by atoms with van der Waals surface area (Å²) in [5.41, 5.74) is 0. The monoisotopic (exact) mass is 210 g/mol. The smallest absolute Gasteiger partial charge is 0.238 e. The molecule has 7 heteroatoms. The summed E-state index contributed by atoms with van der Waals surface area (Å²) in [4.78, 5) is 18.7. The molecule has 78 valence electrons. The largest absolute Gasteiger partial charge is 0.457 e. The normalized spacial score (nSPS) is 11.2. The van der Waals surface area contributed by atoms with E-state index in [-0.39, 0.29) is 11.5 Å². The lowest BCUT2D eigenvalue weighted by molar-refractivity contribution is -0.401. The van der Waals surface area contributed by atoms with E-state index < -0.39 is 9.85 Å². The van der Waals surface area contributed by atoms with Crippen molar-refractivity contribution in [2.75, 3.05) is 0 Å². The average molecular weight is 210 g/mol. The van der Waals surface area contributed by atoms with Gasteiger partial charge in [-0.25, -0.2) is 0 Å². The van der Waals surface area contributed by atoms with Gasteiger partial charge in [-0.05, 0) is 12.1 Å². The van der Waals surface area contributed by atoms with E-state index >= 15 is 0 Å². The molecule has 0 N–H and O–H groups in total. The Morgan fingerprint density at radius 1 is 1.00 bits per heavy atom. The van der Waals surface area contributed by atoms with Crippen molar-refractivity contribution >= 4 is 12.2 Å². The highest BCUT2D eigenvalue weighted by molar-refractivity contribution is 5.47. The molecule has 0 aliphatic rings. The minimum Gasteiger partial charge on any atom is -0.457 e. The Morgan fingerprint density at radius 2 is 1.40 bits per heavy atom. The van der Waals surface area contributed by atoms with Crippen LogP contribution in [0, 0.1) is 20.2 Å². The maximum absolute atomic E-state index is 9.97. The minimum absolute atomic E-state index is 0.259. The van der Waals surface area contributed by atoms with Gasteiger partial charge in [0, 0.05) is 0 Å². The first kappa shape index (κ1) is 10.6. The van der Waals surface area contributed by atoms with E-state index in [4.69, 9.17) is 4.42 Å². The van der Waals surface area contributed by atoms with Crippen LogP contribution in [0.3, 0.4) is 0 Å². The zero-order valence-electron chi connectivity index (χ0n) is 7.40. The predicted molar refractivity (Wildman–Crippen MR) is 50.8 cm³/mol. The molecule has 1 heterocycles. The molecule has 7 nitrogen and oxygen atoms in total. The summed E-state index contributed by atoms with van der Waals surface area (Å²) in [6.07, 6.45) is 3.76. The minimum atomic E-state index is -0.630. The fourth-order valence-corrected chi connectivity index (χ4v) is 0.816. The van der Waals surface area contributed by atoms with Gasteiger partial charge in [-0.3, -0.25) is 20.2 Å². The van der Waals surface area contributed by atoms with Gasteiger partial charge in [-0.1, -0.05) is 0 Å². The zero-order valence-corrected chi connectivity index (χ0v) is 7.40. The number of furan rings is 1. The fraction of sp³-hybridized carbons (Fsp3) is 0. The maximum atomic E-state index is 9.97. The molecule has 0 bridgehead atoms. The van der Waals surface area contributed by atoms with Crippen molar-refractivity contribution in [2.24, 2.45) is 0 Å². The second-order valence-electron chi connectivity index (χ2n) is 2.44. The Labute approximate surface area is 83.6 Å². The van der Waals surface area contributed by atoms with E-state index in [1.165, 1.54) is 12.1 Å². The highest BCUT2D eigenvalue weighted by atomic mass is 16.6. The Hall–Kier alpha value is -2.44. The van der Waals surface area contributed by atoms with Crippen LogP contribution in [0.25, 0.3) is 12.2 Å². The van der Waals surface area contributed by atoms with Crippen LogP contribution in [0.15, 0.2) is 28.9 Å². The SMILES string of the molecule is O=[N+]([O-])C=Cc1ccc(C=C[N+](=O)[O-])o1. The van der Waals surface area contributed by atoms with Gasteiger partial charge in [0.2, 0.25) is 12.4 Å².